The van der Waals surface area contributed by atoms with E-state index in [1.54, 1.807) is 5.30 Å². The van der Waals surface area contributed by atoms with Gasteiger partial charge in [0.05, 0.1) is 0 Å². The van der Waals surface area contributed by atoms with Crippen LogP contribution in [0.15, 0.2) is 18.2 Å². The molecule has 0 radical (unpaired) electrons. The van der Waals surface area contributed by atoms with E-state index in [0.29, 0.717) is 0 Å². The van der Waals surface area contributed by atoms with Crippen LogP contribution in [0.25, 0.3) is 0 Å². The van der Waals surface area contributed by atoms with Gasteiger partial charge in [0, 0.05) is 0 Å². The molecule has 0 aliphatic heterocycles. The highest BCUT2D eigenvalue weighted by Crippen LogP contribution is 2.15. The van der Waals surface area contributed by atoms with Gasteiger partial charge in [-0.15, -0.1) is 0 Å². The first-order valence-corrected chi connectivity index (χ1v) is 5.26. The van der Waals surface area contributed by atoms with Crippen molar-refractivity contribution in [1.82, 2.24) is 0 Å². The van der Waals surface area contributed by atoms with Gasteiger partial charge < -0.3 is 0 Å². The van der Waals surface area contributed by atoms with Gasteiger partial charge in [0.2, 0.25) is 0 Å². The number of rotatable bonds is 2. The Hall–Kier alpha value is -0.350. The Morgan fingerprint density at radius 1 is 1.18 bits per heavy atom. The molecule has 11 heavy (non-hydrogen) atoms. The number of hydrogen-bond acceptors (Lipinski definition) is 0. The molecule has 0 nitrogen and oxygen atoms in total. The fourth-order valence-corrected chi connectivity index (χ4v) is 2.35. The lowest BCUT2D eigenvalue weighted by atomic mass is 10.2. The van der Waals surface area contributed by atoms with Crippen molar-refractivity contribution in [3.05, 3.63) is 29.3 Å². The van der Waals surface area contributed by atoms with Crippen molar-refractivity contribution < 1.29 is 0 Å². The fourth-order valence-electron chi connectivity index (χ4n) is 1.27. The van der Waals surface area contributed by atoms with Crippen molar-refractivity contribution in [2.75, 3.05) is 6.16 Å². The molecular formula is C10H15P. The number of aryl methyl sites for hydroxylation is 2. The lowest BCUT2D eigenvalue weighted by molar-refractivity contribution is 1.43. The minimum atomic E-state index is 0.985. The Bertz CT molecular complexity index is 220. The summed E-state index contributed by atoms with van der Waals surface area (Å²) in [6.07, 6.45) is 1.27. The van der Waals surface area contributed by atoms with E-state index in [0.717, 1.165) is 8.58 Å². The maximum absolute atomic E-state index is 2.24. The maximum atomic E-state index is 2.24. The van der Waals surface area contributed by atoms with Gasteiger partial charge in [-0.1, -0.05) is 33.7 Å². The second-order valence-electron chi connectivity index (χ2n) is 2.80. The number of benzene rings is 1. The summed E-state index contributed by atoms with van der Waals surface area (Å²) in [6.45, 7) is 6.64. The van der Waals surface area contributed by atoms with Gasteiger partial charge >= 0.3 is 0 Å². The zero-order valence-corrected chi connectivity index (χ0v) is 8.44. The van der Waals surface area contributed by atoms with Crippen molar-refractivity contribution >= 4 is 13.9 Å². The predicted molar refractivity (Wildman–Crippen MR) is 54.4 cm³/mol. The van der Waals surface area contributed by atoms with Crippen molar-refractivity contribution in [1.29, 1.82) is 0 Å². The first kappa shape index (κ1) is 8.74. The van der Waals surface area contributed by atoms with Crippen LogP contribution in [0.2, 0.25) is 0 Å². The average Bonchev–Trinajstić information content (AvgIpc) is 1.97. The zero-order valence-electron chi connectivity index (χ0n) is 7.44. The summed E-state index contributed by atoms with van der Waals surface area (Å²) in [5.74, 6) is 0. The molecule has 1 aromatic carbocycles. The zero-order chi connectivity index (χ0) is 8.27. The molecule has 0 saturated heterocycles. The van der Waals surface area contributed by atoms with E-state index in [1.165, 1.54) is 17.3 Å². The molecule has 0 heterocycles. The second-order valence-corrected chi connectivity index (χ2v) is 4.36. The van der Waals surface area contributed by atoms with Crippen LogP contribution in [-0.4, -0.2) is 6.16 Å². The van der Waals surface area contributed by atoms with Crippen LogP contribution in [-0.2, 0) is 0 Å². The lowest BCUT2D eigenvalue weighted by Crippen LogP contribution is -2.04. The minimum absolute atomic E-state index is 0.985. The van der Waals surface area contributed by atoms with Gasteiger partial charge in [-0.3, -0.25) is 0 Å². The van der Waals surface area contributed by atoms with E-state index in [-0.39, 0.29) is 0 Å². The van der Waals surface area contributed by atoms with Crippen molar-refractivity contribution in [2.24, 2.45) is 0 Å². The smallest absolute Gasteiger partial charge is 0.0213 e. The van der Waals surface area contributed by atoms with Gasteiger partial charge in [0.25, 0.3) is 0 Å². The van der Waals surface area contributed by atoms with Crippen LogP contribution in [0.5, 0.6) is 0 Å². The molecule has 0 amide bonds. The Morgan fingerprint density at radius 2 is 1.73 bits per heavy atom. The van der Waals surface area contributed by atoms with Crippen LogP contribution in [0.4, 0.5) is 0 Å². The summed E-state index contributed by atoms with van der Waals surface area (Å²) in [5.41, 5.74) is 2.90. The summed E-state index contributed by atoms with van der Waals surface area (Å²) in [4.78, 5) is 0. The van der Waals surface area contributed by atoms with E-state index in [2.05, 4.69) is 39.0 Å². The molecule has 1 atom stereocenters. The lowest BCUT2D eigenvalue weighted by Gasteiger charge is -2.07. The first-order valence-electron chi connectivity index (χ1n) is 4.05. The predicted octanol–water partition coefficient (Wildman–Crippen LogP) is 2.63. The van der Waals surface area contributed by atoms with Crippen LogP contribution >= 0.6 is 8.58 Å². The highest BCUT2D eigenvalue weighted by atomic mass is 31.1. The summed E-state index contributed by atoms with van der Waals surface area (Å²) in [5, 5.41) is 1.56. The van der Waals surface area contributed by atoms with Gasteiger partial charge in [0.15, 0.2) is 0 Å². The molecule has 0 fully saturated rings. The van der Waals surface area contributed by atoms with Gasteiger partial charge in [0.1, 0.15) is 0 Å². The third-order valence-corrected chi connectivity index (χ3v) is 3.33. The second kappa shape index (κ2) is 3.88. The third kappa shape index (κ3) is 2.04. The van der Waals surface area contributed by atoms with Crippen molar-refractivity contribution in [3.8, 4) is 0 Å². The van der Waals surface area contributed by atoms with Gasteiger partial charge in [-0.2, -0.15) is 0 Å². The van der Waals surface area contributed by atoms with Gasteiger partial charge in [-0.05, 0) is 36.4 Å². The van der Waals surface area contributed by atoms with E-state index < -0.39 is 0 Å². The fraction of sp³-hybridized carbons (Fsp3) is 0.400. The average molecular weight is 166 g/mol. The molecule has 0 aliphatic rings. The van der Waals surface area contributed by atoms with Gasteiger partial charge in [-0.25, -0.2) is 0 Å². The quantitative estimate of drug-likeness (QED) is 0.592. The molecule has 0 bridgehead atoms. The van der Waals surface area contributed by atoms with Crippen LogP contribution < -0.4 is 5.30 Å². The molecule has 1 unspecified atom stereocenters. The Balaban J connectivity index is 3.00. The van der Waals surface area contributed by atoms with E-state index in [9.17, 15) is 0 Å². The van der Waals surface area contributed by atoms with E-state index >= 15 is 0 Å². The van der Waals surface area contributed by atoms with Crippen LogP contribution in [0, 0.1) is 13.8 Å². The number of hydrogen-bond donors (Lipinski definition) is 0. The highest BCUT2D eigenvalue weighted by molar-refractivity contribution is 7.47. The summed E-state index contributed by atoms with van der Waals surface area (Å²) in [6, 6.07) is 6.53. The summed E-state index contributed by atoms with van der Waals surface area (Å²) in [7, 11) is 0.985. The Labute approximate surface area is 70.8 Å². The molecular weight excluding hydrogens is 151 g/mol. The minimum Gasteiger partial charge on any atom is -0.0901 e. The van der Waals surface area contributed by atoms with E-state index in [1.807, 2.05) is 0 Å². The van der Waals surface area contributed by atoms with Crippen LogP contribution in [0.3, 0.4) is 0 Å². The van der Waals surface area contributed by atoms with Crippen molar-refractivity contribution in [3.63, 3.8) is 0 Å². The standard InChI is InChI=1S/C10H15P/c1-4-11-10-8(2)6-5-7-9(10)3/h5-7,11H,4H2,1-3H3. The molecule has 0 aromatic heterocycles. The maximum Gasteiger partial charge on any atom is -0.0213 e. The normalized spacial score (nSPS) is 11.2. The largest absolute Gasteiger partial charge is 0.0901 e. The summed E-state index contributed by atoms with van der Waals surface area (Å²) < 4.78 is 0. The van der Waals surface area contributed by atoms with Crippen LogP contribution in [0.1, 0.15) is 18.1 Å². The molecule has 0 saturated carbocycles. The molecule has 0 N–H and O–H groups in total. The molecule has 1 aromatic rings. The SMILES string of the molecule is CCPc1c(C)cccc1C. The topological polar surface area (TPSA) is 0 Å². The Kier molecular flexibility index (Phi) is 3.08. The Morgan fingerprint density at radius 3 is 2.18 bits per heavy atom. The van der Waals surface area contributed by atoms with E-state index in [4.69, 9.17) is 0 Å². The molecule has 60 valence electrons. The molecule has 0 aliphatic carbocycles. The third-order valence-electron chi connectivity index (χ3n) is 1.83. The highest BCUT2D eigenvalue weighted by Gasteiger charge is 1.98. The molecule has 1 rings (SSSR count). The van der Waals surface area contributed by atoms with Crippen molar-refractivity contribution in [2.45, 2.75) is 20.8 Å². The monoisotopic (exact) mass is 166 g/mol. The summed E-state index contributed by atoms with van der Waals surface area (Å²) >= 11 is 0. The molecule has 0 spiro atoms. The first-order chi connectivity index (χ1) is 5.25. The molecule has 1 heteroatoms.